The van der Waals surface area contributed by atoms with Crippen molar-refractivity contribution in [2.24, 2.45) is 7.05 Å². The third kappa shape index (κ3) is 2.90. The lowest BCUT2D eigenvalue weighted by Crippen LogP contribution is -2.32. The molecule has 0 aliphatic carbocycles. The summed E-state index contributed by atoms with van der Waals surface area (Å²) in [5.74, 6) is 0.218. The quantitative estimate of drug-likeness (QED) is 0.872. The van der Waals surface area contributed by atoms with Gasteiger partial charge in [0.15, 0.2) is 0 Å². The fourth-order valence-corrected chi connectivity index (χ4v) is 3.68. The normalized spacial score (nSPS) is 17.7. The molecule has 3 rings (SSSR count). The van der Waals surface area contributed by atoms with E-state index < -0.39 is 0 Å². The summed E-state index contributed by atoms with van der Waals surface area (Å²) in [5.41, 5.74) is 5.68. The molecule has 0 bridgehead atoms. The monoisotopic (exact) mass is 311 g/mol. The van der Waals surface area contributed by atoms with Gasteiger partial charge in [-0.2, -0.15) is 5.10 Å². The summed E-state index contributed by atoms with van der Waals surface area (Å²) in [4.78, 5) is 15.0. The van der Waals surface area contributed by atoms with Crippen molar-refractivity contribution in [3.05, 3.63) is 52.3 Å². The molecule has 0 unspecified atom stereocenters. The number of hydrogen-bond donors (Lipinski definition) is 0. The molecule has 2 heterocycles. The Kier molecular flexibility index (Phi) is 4.24. The highest BCUT2D eigenvalue weighted by atomic mass is 16.2. The lowest BCUT2D eigenvalue weighted by molar-refractivity contribution is -0.131. The minimum Gasteiger partial charge on any atom is -0.335 e. The maximum atomic E-state index is 12.9. The van der Waals surface area contributed by atoms with Crippen LogP contribution in [0.15, 0.2) is 24.3 Å². The van der Waals surface area contributed by atoms with Gasteiger partial charge >= 0.3 is 0 Å². The van der Waals surface area contributed by atoms with Crippen LogP contribution in [0.5, 0.6) is 0 Å². The molecule has 1 aromatic carbocycles. The van der Waals surface area contributed by atoms with Gasteiger partial charge in [-0.15, -0.1) is 0 Å². The number of amides is 1. The predicted molar refractivity (Wildman–Crippen MR) is 91.3 cm³/mol. The van der Waals surface area contributed by atoms with Crippen molar-refractivity contribution < 1.29 is 4.79 Å². The second kappa shape index (κ2) is 6.19. The second-order valence-corrected chi connectivity index (χ2v) is 6.55. The summed E-state index contributed by atoms with van der Waals surface area (Å²) in [5, 5.41) is 4.43. The van der Waals surface area contributed by atoms with E-state index in [9.17, 15) is 4.79 Å². The van der Waals surface area contributed by atoms with Crippen LogP contribution in [0.4, 0.5) is 0 Å². The standard InChI is InChI=1S/C19H25N3O/c1-13-8-5-6-9-16(13)18-10-7-11-22(18)19(23)12-17-14(2)20-21(4)15(17)3/h5-6,8-9,18H,7,10-12H2,1-4H3/t18-/m0/s1. The summed E-state index contributed by atoms with van der Waals surface area (Å²) in [6.07, 6.45) is 2.59. The first kappa shape index (κ1) is 15.8. The summed E-state index contributed by atoms with van der Waals surface area (Å²) in [6.45, 7) is 7.01. The largest absolute Gasteiger partial charge is 0.335 e. The zero-order valence-corrected chi connectivity index (χ0v) is 14.5. The van der Waals surface area contributed by atoms with Crippen molar-refractivity contribution in [3.63, 3.8) is 0 Å². The van der Waals surface area contributed by atoms with Crippen LogP contribution in [-0.4, -0.2) is 27.1 Å². The zero-order valence-electron chi connectivity index (χ0n) is 14.5. The van der Waals surface area contributed by atoms with Crippen LogP contribution in [0.3, 0.4) is 0 Å². The van der Waals surface area contributed by atoms with Crippen molar-refractivity contribution in [2.75, 3.05) is 6.54 Å². The van der Waals surface area contributed by atoms with Gasteiger partial charge in [0.2, 0.25) is 5.91 Å². The number of rotatable bonds is 3. The molecule has 0 N–H and O–H groups in total. The lowest BCUT2D eigenvalue weighted by Gasteiger charge is -2.26. The Morgan fingerprint density at radius 3 is 2.65 bits per heavy atom. The second-order valence-electron chi connectivity index (χ2n) is 6.55. The van der Waals surface area contributed by atoms with Gasteiger partial charge in [0.1, 0.15) is 0 Å². The Hall–Kier alpha value is -2.10. The molecule has 1 aliphatic heterocycles. The molecule has 1 fully saturated rings. The third-order valence-corrected chi connectivity index (χ3v) is 5.11. The van der Waals surface area contributed by atoms with E-state index in [1.807, 2.05) is 25.6 Å². The molecule has 122 valence electrons. The molecule has 0 spiro atoms. The van der Waals surface area contributed by atoms with Crippen LogP contribution < -0.4 is 0 Å². The molecule has 1 amide bonds. The van der Waals surface area contributed by atoms with Crippen LogP contribution in [0.1, 0.15) is 47.0 Å². The molecule has 23 heavy (non-hydrogen) atoms. The first-order chi connectivity index (χ1) is 11.0. The molecular weight excluding hydrogens is 286 g/mol. The summed E-state index contributed by atoms with van der Waals surface area (Å²) < 4.78 is 1.86. The van der Waals surface area contributed by atoms with Gasteiger partial charge in [0.25, 0.3) is 0 Å². The molecule has 0 radical (unpaired) electrons. The number of carbonyl (C=O) groups excluding carboxylic acids is 1. The van der Waals surface area contributed by atoms with Crippen molar-refractivity contribution in [1.29, 1.82) is 0 Å². The SMILES string of the molecule is Cc1ccccc1[C@@H]1CCCN1C(=O)Cc1c(C)nn(C)c1C. The Balaban J connectivity index is 1.83. The summed E-state index contributed by atoms with van der Waals surface area (Å²) >= 11 is 0. The Morgan fingerprint density at radius 2 is 2.00 bits per heavy atom. The highest BCUT2D eigenvalue weighted by Gasteiger charge is 2.31. The zero-order chi connectivity index (χ0) is 16.6. The van der Waals surface area contributed by atoms with Crippen molar-refractivity contribution in [3.8, 4) is 0 Å². The van der Waals surface area contributed by atoms with E-state index in [1.165, 1.54) is 11.1 Å². The highest BCUT2D eigenvalue weighted by molar-refractivity contribution is 5.80. The molecule has 4 heteroatoms. The Morgan fingerprint density at radius 1 is 1.26 bits per heavy atom. The first-order valence-corrected chi connectivity index (χ1v) is 8.33. The van der Waals surface area contributed by atoms with Crippen LogP contribution in [-0.2, 0) is 18.3 Å². The van der Waals surface area contributed by atoms with E-state index >= 15 is 0 Å². The van der Waals surface area contributed by atoms with E-state index in [4.69, 9.17) is 0 Å². The highest BCUT2D eigenvalue weighted by Crippen LogP contribution is 2.34. The molecule has 4 nitrogen and oxygen atoms in total. The van der Waals surface area contributed by atoms with Crippen LogP contribution in [0.2, 0.25) is 0 Å². The van der Waals surface area contributed by atoms with Gasteiger partial charge in [-0.25, -0.2) is 0 Å². The van der Waals surface area contributed by atoms with Crippen molar-refractivity contribution >= 4 is 5.91 Å². The van der Waals surface area contributed by atoms with E-state index in [-0.39, 0.29) is 11.9 Å². The van der Waals surface area contributed by atoms with Gasteiger partial charge in [-0.3, -0.25) is 9.48 Å². The Bertz CT molecular complexity index is 732. The van der Waals surface area contributed by atoms with Crippen LogP contribution in [0, 0.1) is 20.8 Å². The van der Waals surface area contributed by atoms with E-state index in [0.717, 1.165) is 36.3 Å². The maximum Gasteiger partial charge on any atom is 0.227 e. The topological polar surface area (TPSA) is 38.1 Å². The fraction of sp³-hybridized carbons (Fsp3) is 0.474. The first-order valence-electron chi connectivity index (χ1n) is 8.33. The predicted octanol–water partition coefficient (Wildman–Crippen LogP) is 3.25. The maximum absolute atomic E-state index is 12.9. The van der Waals surface area contributed by atoms with Gasteiger partial charge < -0.3 is 4.90 Å². The lowest BCUT2D eigenvalue weighted by atomic mass is 9.99. The van der Waals surface area contributed by atoms with Crippen molar-refractivity contribution in [1.82, 2.24) is 14.7 Å². The van der Waals surface area contributed by atoms with E-state index in [1.54, 1.807) is 0 Å². The number of hydrogen-bond acceptors (Lipinski definition) is 2. The number of likely N-dealkylation sites (tertiary alicyclic amines) is 1. The van der Waals surface area contributed by atoms with Gasteiger partial charge in [-0.05, 0) is 44.7 Å². The molecule has 2 aromatic rings. The van der Waals surface area contributed by atoms with Crippen molar-refractivity contribution in [2.45, 2.75) is 46.1 Å². The van der Waals surface area contributed by atoms with Crippen LogP contribution >= 0.6 is 0 Å². The molecule has 0 saturated carbocycles. The summed E-state index contributed by atoms with van der Waals surface area (Å²) in [6, 6.07) is 8.64. The van der Waals surface area contributed by atoms with Gasteiger partial charge in [0, 0.05) is 24.8 Å². The molecule has 1 aromatic heterocycles. The molecule has 1 atom stereocenters. The number of aromatic nitrogens is 2. The average Bonchev–Trinajstić information content (AvgIpc) is 3.09. The van der Waals surface area contributed by atoms with Gasteiger partial charge in [0.05, 0.1) is 18.2 Å². The third-order valence-electron chi connectivity index (χ3n) is 5.11. The average molecular weight is 311 g/mol. The Labute approximate surface area is 138 Å². The summed E-state index contributed by atoms with van der Waals surface area (Å²) in [7, 11) is 1.93. The molecular formula is C19H25N3O. The number of nitrogens with zero attached hydrogens (tertiary/aromatic N) is 3. The minimum atomic E-state index is 0.218. The number of aryl methyl sites for hydroxylation is 3. The smallest absolute Gasteiger partial charge is 0.227 e. The number of carbonyl (C=O) groups is 1. The molecule has 1 saturated heterocycles. The van der Waals surface area contributed by atoms with E-state index in [2.05, 4.69) is 41.2 Å². The minimum absolute atomic E-state index is 0.218. The van der Waals surface area contributed by atoms with Gasteiger partial charge in [-0.1, -0.05) is 24.3 Å². The number of benzene rings is 1. The fourth-order valence-electron chi connectivity index (χ4n) is 3.68. The van der Waals surface area contributed by atoms with Crippen LogP contribution in [0.25, 0.3) is 0 Å². The molecule has 1 aliphatic rings. The van der Waals surface area contributed by atoms with E-state index in [0.29, 0.717) is 6.42 Å².